The van der Waals surface area contributed by atoms with Crippen LogP contribution in [0.2, 0.25) is 0 Å². The lowest BCUT2D eigenvalue weighted by Gasteiger charge is -2.18. The van der Waals surface area contributed by atoms with Gasteiger partial charge in [-0.25, -0.2) is 4.99 Å². The largest absolute Gasteiger partial charge is 0.357 e. The predicted molar refractivity (Wildman–Crippen MR) is 117 cm³/mol. The molecule has 0 spiro atoms. The van der Waals surface area contributed by atoms with Gasteiger partial charge in [0.05, 0.1) is 6.54 Å². The van der Waals surface area contributed by atoms with Gasteiger partial charge in [-0.15, -0.1) is 0 Å². The highest BCUT2D eigenvalue weighted by atomic mass is 16.2. The van der Waals surface area contributed by atoms with Crippen LogP contribution in [-0.2, 0) is 11.3 Å². The Morgan fingerprint density at radius 1 is 1.14 bits per heavy atom. The zero-order valence-electron chi connectivity index (χ0n) is 18.0. The van der Waals surface area contributed by atoms with Gasteiger partial charge in [0, 0.05) is 51.3 Å². The first-order valence-electron chi connectivity index (χ1n) is 10.8. The topological polar surface area (TPSA) is 77.0 Å². The molecule has 0 bridgehead atoms. The van der Waals surface area contributed by atoms with Crippen LogP contribution < -0.4 is 10.6 Å². The highest BCUT2D eigenvalue weighted by Gasteiger charge is 2.19. The average Bonchev–Trinajstić information content (AvgIpc) is 3.15. The Balaban J connectivity index is 1.83. The summed E-state index contributed by atoms with van der Waals surface area (Å²) in [6.07, 6.45) is 2.57. The van der Waals surface area contributed by atoms with Gasteiger partial charge >= 0.3 is 0 Å². The molecule has 1 aromatic rings. The quantitative estimate of drug-likeness (QED) is 0.358. The molecule has 7 nitrogen and oxygen atoms in total. The lowest BCUT2D eigenvalue weighted by molar-refractivity contribution is -0.127. The van der Waals surface area contributed by atoms with Crippen LogP contribution in [0.15, 0.2) is 29.3 Å². The summed E-state index contributed by atoms with van der Waals surface area (Å²) in [5.41, 5.74) is 1.77. The van der Waals surface area contributed by atoms with E-state index in [1.165, 1.54) is 0 Å². The molecule has 2 N–H and O–H groups in total. The molecule has 1 aromatic carbocycles. The lowest BCUT2D eigenvalue weighted by atomic mass is 10.1. The zero-order chi connectivity index (χ0) is 21.1. The number of likely N-dealkylation sites (tertiary alicyclic amines) is 1. The highest BCUT2D eigenvalue weighted by molar-refractivity contribution is 5.94. The molecule has 2 amide bonds. The maximum Gasteiger partial charge on any atom is 0.253 e. The molecular weight excluding hydrogens is 366 g/mol. The number of nitrogens with zero attached hydrogens (tertiary/aromatic N) is 3. The molecule has 0 unspecified atom stereocenters. The van der Waals surface area contributed by atoms with Crippen molar-refractivity contribution in [2.24, 2.45) is 4.99 Å². The SMILES string of the molecule is CCNC(=NCc1ccc(C(=O)N(CC)CC)cc1)NCCCN1CCCC1=O. The first-order chi connectivity index (χ1) is 14.1. The molecule has 1 heterocycles. The number of nitrogens with one attached hydrogen (secondary N) is 2. The molecule has 0 aromatic heterocycles. The summed E-state index contributed by atoms with van der Waals surface area (Å²) in [6, 6.07) is 7.67. The van der Waals surface area contributed by atoms with E-state index >= 15 is 0 Å². The van der Waals surface area contributed by atoms with Crippen molar-refractivity contribution in [3.05, 3.63) is 35.4 Å². The van der Waals surface area contributed by atoms with Crippen molar-refractivity contribution in [1.82, 2.24) is 20.4 Å². The van der Waals surface area contributed by atoms with Crippen LogP contribution in [0.25, 0.3) is 0 Å². The maximum absolute atomic E-state index is 12.4. The van der Waals surface area contributed by atoms with E-state index in [0.717, 1.165) is 50.5 Å². The van der Waals surface area contributed by atoms with Gasteiger partial charge in [0.15, 0.2) is 5.96 Å². The third kappa shape index (κ3) is 7.07. The van der Waals surface area contributed by atoms with Gasteiger partial charge in [0.1, 0.15) is 0 Å². The monoisotopic (exact) mass is 401 g/mol. The van der Waals surface area contributed by atoms with Crippen LogP contribution in [0.5, 0.6) is 0 Å². The van der Waals surface area contributed by atoms with Crippen LogP contribution in [0.3, 0.4) is 0 Å². The van der Waals surface area contributed by atoms with E-state index in [9.17, 15) is 9.59 Å². The van der Waals surface area contributed by atoms with Gasteiger partial charge in [-0.05, 0) is 51.3 Å². The first-order valence-corrected chi connectivity index (χ1v) is 10.8. The minimum atomic E-state index is 0.0662. The number of rotatable bonds is 10. The second-order valence-corrected chi connectivity index (χ2v) is 7.13. The summed E-state index contributed by atoms with van der Waals surface area (Å²) in [5.74, 6) is 1.11. The van der Waals surface area contributed by atoms with Crippen LogP contribution in [0.4, 0.5) is 0 Å². The number of carbonyl (C=O) groups excluding carboxylic acids is 2. The fraction of sp³-hybridized carbons (Fsp3) is 0.591. The number of benzene rings is 1. The van der Waals surface area contributed by atoms with Crippen LogP contribution in [-0.4, -0.2) is 66.8 Å². The molecule has 1 fully saturated rings. The number of guanidine groups is 1. The van der Waals surface area contributed by atoms with Crippen molar-refractivity contribution < 1.29 is 9.59 Å². The van der Waals surface area contributed by atoms with Crippen LogP contribution in [0, 0.1) is 0 Å². The highest BCUT2D eigenvalue weighted by Crippen LogP contribution is 2.10. The number of carbonyl (C=O) groups is 2. The smallest absolute Gasteiger partial charge is 0.253 e. The Hall–Kier alpha value is -2.57. The van der Waals surface area contributed by atoms with E-state index in [4.69, 9.17) is 0 Å². The second-order valence-electron chi connectivity index (χ2n) is 7.13. The summed E-state index contributed by atoms with van der Waals surface area (Å²) in [4.78, 5) is 32.4. The summed E-state index contributed by atoms with van der Waals surface area (Å²) < 4.78 is 0. The third-order valence-electron chi connectivity index (χ3n) is 5.08. The predicted octanol–water partition coefficient (Wildman–Crippen LogP) is 2.24. The van der Waals surface area contributed by atoms with Gasteiger partial charge in [-0.2, -0.15) is 0 Å². The van der Waals surface area contributed by atoms with E-state index in [-0.39, 0.29) is 11.8 Å². The normalized spacial score (nSPS) is 14.2. The van der Waals surface area contributed by atoms with Crippen LogP contribution >= 0.6 is 0 Å². The average molecular weight is 402 g/mol. The van der Waals surface area contributed by atoms with E-state index in [2.05, 4.69) is 15.6 Å². The molecule has 7 heteroatoms. The molecule has 0 atom stereocenters. The Bertz CT molecular complexity index is 683. The Labute approximate surface area is 174 Å². The summed E-state index contributed by atoms with van der Waals surface area (Å²) in [7, 11) is 0. The minimum Gasteiger partial charge on any atom is -0.357 e. The van der Waals surface area contributed by atoms with E-state index in [1.807, 2.05) is 54.8 Å². The van der Waals surface area contributed by atoms with Gasteiger partial charge < -0.3 is 20.4 Å². The van der Waals surface area contributed by atoms with Crippen molar-refractivity contribution in [2.45, 2.75) is 46.6 Å². The lowest BCUT2D eigenvalue weighted by Crippen LogP contribution is -2.39. The van der Waals surface area contributed by atoms with Gasteiger partial charge in [-0.1, -0.05) is 12.1 Å². The third-order valence-corrected chi connectivity index (χ3v) is 5.08. The minimum absolute atomic E-state index is 0.0662. The molecule has 2 rings (SSSR count). The maximum atomic E-state index is 12.4. The molecule has 29 heavy (non-hydrogen) atoms. The Morgan fingerprint density at radius 2 is 1.86 bits per heavy atom. The molecule has 1 saturated heterocycles. The number of aliphatic imine (C=N–C) groups is 1. The van der Waals surface area contributed by atoms with Gasteiger partial charge in [0.25, 0.3) is 5.91 Å². The molecule has 1 aliphatic heterocycles. The Kier molecular flexibility index (Phi) is 9.47. The van der Waals surface area contributed by atoms with Crippen molar-refractivity contribution in [3.63, 3.8) is 0 Å². The molecule has 0 radical (unpaired) electrons. The summed E-state index contributed by atoms with van der Waals surface area (Å²) >= 11 is 0. The number of hydrogen-bond donors (Lipinski definition) is 2. The van der Waals surface area contributed by atoms with E-state index in [0.29, 0.717) is 31.6 Å². The molecule has 0 saturated carbocycles. The molecular formula is C22H35N5O2. The summed E-state index contributed by atoms with van der Waals surface area (Å²) in [5, 5.41) is 6.58. The van der Waals surface area contributed by atoms with Crippen molar-refractivity contribution in [2.75, 3.05) is 39.3 Å². The molecule has 160 valence electrons. The molecule has 0 aliphatic carbocycles. The van der Waals surface area contributed by atoms with Crippen molar-refractivity contribution in [3.8, 4) is 0 Å². The molecule has 1 aliphatic rings. The van der Waals surface area contributed by atoms with Crippen molar-refractivity contribution in [1.29, 1.82) is 0 Å². The van der Waals surface area contributed by atoms with E-state index < -0.39 is 0 Å². The fourth-order valence-electron chi connectivity index (χ4n) is 3.38. The fourth-order valence-corrected chi connectivity index (χ4v) is 3.38. The van der Waals surface area contributed by atoms with Gasteiger partial charge in [0.2, 0.25) is 5.91 Å². The zero-order valence-corrected chi connectivity index (χ0v) is 18.0. The standard InChI is InChI=1S/C22H35N5O2/c1-4-23-22(24-14-8-16-27-15-7-9-20(27)28)25-17-18-10-12-19(13-11-18)21(29)26(5-2)6-3/h10-13H,4-9,14-17H2,1-3H3,(H2,23,24,25). The Morgan fingerprint density at radius 3 is 2.45 bits per heavy atom. The van der Waals surface area contributed by atoms with Crippen LogP contribution in [0.1, 0.15) is 56.0 Å². The number of hydrogen-bond acceptors (Lipinski definition) is 3. The van der Waals surface area contributed by atoms with Crippen molar-refractivity contribution >= 4 is 17.8 Å². The summed E-state index contributed by atoms with van der Waals surface area (Å²) in [6.45, 7) is 11.2. The number of amides is 2. The van der Waals surface area contributed by atoms with Gasteiger partial charge in [-0.3, -0.25) is 9.59 Å². The first kappa shape index (κ1) is 22.7. The van der Waals surface area contributed by atoms with E-state index in [1.54, 1.807) is 0 Å². The second kappa shape index (κ2) is 12.1.